The Morgan fingerprint density at radius 2 is 2.04 bits per heavy atom. The number of phenolic OH excluding ortho intramolecular Hbond substituents is 1. The number of aromatic nitrogens is 2. The Balaban J connectivity index is 2.10. The van der Waals surface area contributed by atoms with E-state index in [0.29, 0.717) is 16.5 Å². The van der Waals surface area contributed by atoms with E-state index in [2.05, 4.69) is 10.1 Å². The van der Waals surface area contributed by atoms with Crippen molar-refractivity contribution in [1.29, 1.82) is 0 Å². The average molecular weight is 346 g/mol. The zero-order chi connectivity index (χ0) is 17.3. The molecule has 0 amide bonds. The first-order valence-electron chi connectivity index (χ1n) is 6.86. The Labute approximate surface area is 140 Å². The van der Waals surface area contributed by atoms with Crippen LogP contribution in [0.5, 0.6) is 11.5 Å². The van der Waals surface area contributed by atoms with Gasteiger partial charge in [-0.1, -0.05) is 23.7 Å². The largest absolute Gasteiger partial charge is 0.503 e. The first kappa shape index (κ1) is 15.8. The Morgan fingerprint density at radius 3 is 2.79 bits per heavy atom. The minimum absolute atomic E-state index is 0.0653. The molecule has 7 nitrogen and oxygen atoms in total. The number of H-pyrrole nitrogens is 1. The van der Waals surface area contributed by atoms with Crippen molar-refractivity contribution in [1.82, 2.24) is 9.66 Å². The molecule has 1 aromatic heterocycles. The molecule has 122 valence electrons. The van der Waals surface area contributed by atoms with Gasteiger partial charge in [-0.15, -0.1) is 4.68 Å². The van der Waals surface area contributed by atoms with Crippen LogP contribution >= 0.6 is 11.6 Å². The molecule has 0 spiro atoms. The van der Waals surface area contributed by atoms with Gasteiger partial charge < -0.3 is 14.8 Å². The second-order valence-corrected chi connectivity index (χ2v) is 5.30. The zero-order valence-electron chi connectivity index (χ0n) is 12.5. The first-order valence-corrected chi connectivity index (χ1v) is 7.24. The summed E-state index contributed by atoms with van der Waals surface area (Å²) >= 11 is 5.89. The summed E-state index contributed by atoms with van der Waals surface area (Å²) in [5, 5.41) is 14.0. The number of nitrogens with one attached hydrogen (secondary N) is 1. The van der Waals surface area contributed by atoms with E-state index in [-0.39, 0.29) is 16.5 Å². The molecule has 3 aromatic rings. The van der Waals surface area contributed by atoms with E-state index in [9.17, 15) is 14.7 Å². The second-order valence-electron chi connectivity index (χ2n) is 4.89. The van der Waals surface area contributed by atoms with Crippen molar-refractivity contribution in [2.45, 2.75) is 0 Å². The number of halogens is 1. The normalized spacial score (nSPS) is 11.2. The van der Waals surface area contributed by atoms with Crippen LogP contribution in [0.15, 0.2) is 51.1 Å². The highest BCUT2D eigenvalue weighted by Gasteiger charge is 2.09. The number of ether oxygens (including phenoxy) is 1. The Kier molecular flexibility index (Phi) is 4.09. The standard InChI is InChI=1S/C16H12ClN3O4/c1-24-13-7-9(6-11(17)14(13)21)8-18-20-15(22)10-4-2-3-5-12(10)19-16(20)23/h2-8,21H,1H3,(H,19,23). The zero-order valence-corrected chi connectivity index (χ0v) is 13.2. The molecular formula is C16H12ClN3O4. The van der Waals surface area contributed by atoms with Gasteiger partial charge in [0.05, 0.1) is 29.2 Å². The predicted octanol–water partition coefficient (Wildman–Crippen LogP) is 1.94. The first-order chi connectivity index (χ1) is 11.5. The molecule has 0 aliphatic carbocycles. The van der Waals surface area contributed by atoms with E-state index in [1.807, 2.05) is 0 Å². The minimum atomic E-state index is -0.660. The fraction of sp³-hybridized carbons (Fsp3) is 0.0625. The number of phenols is 1. The number of hydrogen-bond donors (Lipinski definition) is 2. The molecule has 0 saturated heterocycles. The average Bonchev–Trinajstić information content (AvgIpc) is 2.57. The number of aromatic amines is 1. The van der Waals surface area contributed by atoms with Crippen LogP contribution < -0.4 is 16.0 Å². The minimum Gasteiger partial charge on any atom is -0.503 e. The summed E-state index contributed by atoms with van der Waals surface area (Å²) in [4.78, 5) is 27.0. The summed E-state index contributed by atoms with van der Waals surface area (Å²) in [6, 6.07) is 9.56. The van der Waals surface area contributed by atoms with Crippen molar-refractivity contribution >= 4 is 28.7 Å². The molecule has 0 radical (unpaired) electrons. The fourth-order valence-corrected chi connectivity index (χ4v) is 2.43. The molecule has 0 unspecified atom stereocenters. The molecule has 0 aliphatic heterocycles. The van der Waals surface area contributed by atoms with Crippen molar-refractivity contribution in [3.05, 3.63) is 67.8 Å². The third-order valence-electron chi connectivity index (χ3n) is 3.38. The summed E-state index contributed by atoms with van der Waals surface area (Å²) in [6.07, 6.45) is 1.28. The van der Waals surface area contributed by atoms with Crippen LogP contribution in [0.4, 0.5) is 0 Å². The molecule has 0 fully saturated rings. The Morgan fingerprint density at radius 1 is 1.29 bits per heavy atom. The highest BCUT2D eigenvalue weighted by Crippen LogP contribution is 2.34. The molecule has 8 heteroatoms. The lowest BCUT2D eigenvalue weighted by Crippen LogP contribution is -2.32. The maximum atomic E-state index is 12.4. The van der Waals surface area contributed by atoms with Gasteiger partial charge in [-0.2, -0.15) is 5.10 Å². The van der Waals surface area contributed by atoms with Gasteiger partial charge >= 0.3 is 5.69 Å². The van der Waals surface area contributed by atoms with Gasteiger partial charge in [0.25, 0.3) is 5.56 Å². The number of para-hydroxylation sites is 1. The SMILES string of the molecule is COc1cc(C=Nn2c(=O)[nH]c3ccccc3c2=O)cc(Cl)c1O. The third-order valence-corrected chi connectivity index (χ3v) is 3.66. The highest BCUT2D eigenvalue weighted by atomic mass is 35.5. The van der Waals surface area contributed by atoms with Gasteiger partial charge in [-0.3, -0.25) is 4.79 Å². The quantitative estimate of drug-likeness (QED) is 0.709. The van der Waals surface area contributed by atoms with Gasteiger partial charge in [0.15, 0.2) is 11.5 Å². The molecule has 0 atom stereocenters. The number of aromatic hydroxyl groups is 1. The van der Waals surface area contributed by atoms with E-state index in [1.165, 1.54) is 25.5 Å². The van der Waals surface area contributed by atoms with E-state index >= 15 is 0 Å². The Bertz CT molecular complexity index is 1070. The lowest BCUT2D eigenvalue weighted by Gasteiger charge is -2.06. The van der Waals surface area contributed by atoms with Crippen molar-refractivity contribution in [2.24, 2.45) is 5.10 Å². The maximum Gasteiger partial charge on any atom is 0.349 e. The number of methoxy groups -OCH3 is 1. The third kappa shape index (κ3) is 2.77. The number of hydrogen-bond acceptors (Lipinski definition) is 5. The summed E-state index contributed by atoms with van der Waals surface area (Å²) in [5.74, 6) is -0.0410. The summed E-state index contributed by atoms with van der Waals surface area (Å²) < 4.78 is 5.71. The predicted molar refractivity (Wildman–Crippen MR) is 91.5 cm³/mol. The molecule has 0 aliphatic rings. The lowest BCUT2D eigenvalue weighted by atomic mass is 10.2. The lowest BCUT2D eigenvalue weighted by molar-refractivity contribution is 0.373. The van der Waals surface area contributed by atoms with Crippen LogP contribution in [0.25, 0.3) is 10.9 Å². The number of nitrogens with zero attached hydrogens (tertiary/aromatic N) is 2. The van der Waals surface area contributed by atoms with Gasteiger partial charge in [-0.25, -0.2) is 4.79 Å². The fourth-order valence-electron chi connectivity index (χ4n) is 2.21. The van der Waals surface area contributed by atoms with E-state index in [1.54, 1.807) is 24.3 Å². The molecular weight excluding hydrogens is 334 g/mol. The number of fused-ring (bicyclic) bond motifs is 1. The van der Waals surface area contributed by atoms with Gasteiger partial charge in [0.1, 0.15) is 0 Å². The van der Waals surface area contributed by atoms with E-state index in [0.717, 1.165) is 4.68 Å². The van der Waals surface area contributed by atoms with Gasteiger partial charge in [-0.05, 0) is 29.8 Å². The maximum absolute atomic E-state index is 12.4. The molecule has 0 saturated carbocycles. The summed E-state index contributed by atoms with van der Waals surface area (Å²) in [7, 11) is 1.38. The van der Waals surface area contributed by atoms with Crippen LogP contribution in [0.2, 0.25) is 5.02 Å². The highest BCUT2D eigenvalue weighted by molar-refractivity contribution is 6.32. The molecule has 2 N–H and O–H groups in total. The van der Waals surface area contributed by atoms with Gasteiger partial charge in [0.2, 0.25) is 0 Å². The van der Waals surface area contributed by atoms with Crippen molar-refractivity contribution in [3.63, 3.8) is 0 Å². The van der Waals surface area contributed by atoms with Crippen LogP contribution in [-0.2, 0) is 0 Å². The molecule has 1 heterocycles. The topological polar surface area (TPSA) is 96.7 Å². The molecule has 0 bridgehead atoms. The van der Waals surface area contributed by atoms with Crippen molar-refractivity contribution in [2.75, 3.05) is 7.11 Å². The molecule has 2 aromatic carbocycles. The Hall–Kier alpha value is -3.06. The summed E-state index contributed by atoms with van der Waals surface area (Å²) in [5.41, 5.74) is -0.309. The van der Waals surface area contributed by atoms with Crippen LogP contribution in [0.1, 0.15) is 5.56 Å². The van der Waals surface area contributed by atoms with Crippen molar-refractivity contribution in [3.8, 4) is 11.5 Å². The van der Waals surface area contributed by atoms with Crippen molar-refractivity contribution < 1.29 is 9.84 Å². The molecule has 24 heavy (non-hydrogen) atoms. The van der Waals surface area contributed by atoms with Crippen LogP contribution in [-0.4, -0.2) is 28.1 Å². The van der Waals surface area contributed by atoms with E-state index < -0.39 is 11.2 Å². The monoisotopic (exact) mass is 345 g/mol. The smallest absolute Gasteiger partial charge is 0.349 e. The van der Waals surface area contributed by atoms with Crippen LogP contribution in [0, 0.1) is 0 Å². The summed E-state index contributed by atoms with van der Waals surface area (Å²) in [6.45, 7) is 0. The number of rotatable bonds is 3. The van der Waals surface area contributed by atoms with Gasteiger partial charge in [0, 0.05) is 0 Å². The van der Waals surface area contributed by atoms with Crippen LogP contribution in [0.3, 0.4) is 0 Å². The molecule has 3 rings (SSSR count). The number of benzene rings is 2. The second kappa shape index (κ2) is 6.21. The van der Waals surface area contributed by atoms with E-state index in [4.69, 9.17) is 16.3 Å².